The molecule has 4 atom stereocenters. The number of hydrogen-bond donors (Lipinski definition) is 0. The minimum absolute atomic E-state index is 0.0929. The molecule has 1 saturated heterocycles. The molecule has 0 N–H and O–H groups in total. The van der Waals surface area contributed by atoms with Gasteiger partial charge in [-0.05, 0) is 43.9 Å². The first-order valence-electron chi connectivity index (χ1n) is 9.20. The van der Waals surface area contributed by atoms with E-state index in [1.54, 1.807) is 4.90 Å². The minimum atomic E-state index is -0.342. The van der Waals surface area contributed by atoms with Crippen molar-refractivity contribution >= 4 is 12.1 Å². The Balaban J connectivity index is 1.49. The van der Waals surface area contributed by atoms with E-state index in [1.165, 1.54) is 39.2 Å². The molecule has 1 amide bonds. The molecule has 0 bridgehead atoms. The number of hydrogen-bond acceptors (Lipinski definition) is 4. The number of carbonyl (C=O) groups excluding carboxylic acids is 2. The average molecular weight is 323 g/mol. The Morgan fingerprint density at radius 1 is 0.957 bits per heavy atom. The van der Waals surface area contributed by atoms with Crippen molar-refractivity contribution in [2.45, 2.75) is 63.9 Å². The summed E-state index contributed by atoms with van der Waals surface area (Å²) in [6.07, 6.45) is 10.0. The third-order valence-corrected chi connectivity index (χ3v) is 5.96. The zero-order valence-electron chi connectivity index (χ0n) is 14.2. The summed E-state index contributed by atoms with van der Waals surface area (Å²) in [6.45, 7) is 1.11. The van der Waals surface area contributed by atoms with Gasteiger partial charge in [-0.2, -0.15) is 0 Å². The van der Waals surface area contributed by atoms with E-state index in [0.29, 0.717) is 13.1 Å². The number of esters is 1. The van der Waals surface area contributed by atoms with Crippen LogP contribution in [0.2, 0.25) is 0 Å². The number of carbonyl (C=O) groups is 2. The van der Waals surface area contributed by atoms with Crippen LogP contribution in [0.1, 0.15) is 57.8 Å². The molecule has 2 saturated carbocycles. The number of likely N-dealkylation sites (tertiary alicyclic amines) is 1. The molecule has 1 aliphatic heterocycles. The van der Waals surface area contributed by atoms with Crippen molar-refractivity contribution in [1.29, 1.82) is 0 Å². The van der Waals surface area contributed by atoms with Gasteiger partial charge in [0.1, 0.15) is 6.10 Å². The van der Waals surface area contributed by atoms with Crippen LogP contribution in [0.3, 0.4) is 0 Å². The van der Waals surface area contributed by atoms with Gasteiger partial charge in [0.05, 0.1) is 13.0 Å². The molecule has 0 aromatic carbocycles. The van der Waals surface area contributed by atoms with Gasteiger partial charge < -0.3 is 14.4 Å². The Morgan fingerprint density at radius 3 is 2.52 bits per heavy atom. The van der Waals surface area contributed by atoms with Crippen LogP contribution in [0, 0.1) is 17.8 Å². The third-order valence-electron chi connectivity index (χ3n) is 5.96. The smallest absolute Gasteiger partial charge is 0.409 e. The summed E-state index contributed by atoms with van der Waals surface area (Å²) in [5.74, 6) is 1.32. The van der Waals surface area contributed by atoms with Gasteiger partial charge in [0, 0.05) is 13.1 Å². The summed E-state index contributed by atoms with van der Waals surface area (Å²) in [5, 5.41) is 0. The fourth-order valence-electron chi connectivity index (χ4n) is 4.66. The van der Waals surface area contributed by atoms with Gasteiger partial charge in [0.2, 0.25) is 0 Å². The molecule has 0 spiro atoms. The first-order chi connectivity index (χ1) is 11.2. The molecule has 5 heteroatoms. The summed E-state index contributed by atoms with van der Waals surface area (Å²) < 4.78 is 10.6. The fraction of sp³-hybridized carbons (Fsp3) is 0.889. The molecule has 1 heterocycles. The largest absolute Gasteiger partial charge is 0.462 e. The normalized spacial score (nSPS) is 34.4. The molecule has 0 aromatic rings. The topological polar surface area (TPSA) is 55.8 Å². The standard InChI is InChI=1S/C18H29NO4/c1-22-18(21)19-10-4-7-15(12-19)17(20)23-16-9-8-13-5-2-3-6-14(13)11-16/h13-16H,2-12H2,1H3/t13-,14-,15-,16+/m0/s1. The van der Waals surface area contributed by atoms with Crippen LogP contribution in [-0.4, -0.2) is 43.3 Å². The van der Waals surface area contributed by atoms with Gasteiger partial charge in [-0.3, -0.25) is 4.79 Å². The SMILES string of the molecule is COC(=O)N1CCC[C@H](C(=O)O[C@@H]2CC[C@@H]3CCCC[C@H]3C2)C1. The van der Waals surface area contributed by atoms with E-state index in [-0.39, 0.29) is 24.1 Å². The number of ether oxygens (including phenoxy) is 2. The lowest BCUT2D eigenvalue weighted by Crippen LogP contribution is -2.43. The third kappa shape index (κ3) is 3.99. The number of piperidine rings is 1. The van der Waals surface area contributed by atoms with Crippen LogP contribution < -0.4 is 0 Å². The molecule has 0 unspecified atom stereocenters. The highest BCUT2D eigenvalue weighted by Gasteiger charge is 2.36. The first kappa shape index (κ1) is 16.6. The maximum atomic E-state index is 12.5. The van der Waals surface area contributed by atoms with E-state index < -0.39 is 0 Å². The molecule has 130 valence electrons. The number of nitrogens with zero attached hydrogens (tertiary/aromatic N) is 1. The molecule has 3 aliphatic rings. The van der Waals surface area contributed by atoms with Crippen LogP contribution in [0.4, 0.5) is 4.79 Å². The Bertz CT molecular complexity index is 439. The lowest BCUT2D eigenvalue weighted by Gasteiger charge is -2.39. The van der Waals surface area contributed by atoms with Gasteiger partial charge in [-0.25, -0.2) is 4.79 Å². The number of methoxy groups -OCH3 is 1. The predicted octanol–water partition coefficient (Wildman–Crippen LogP) is 3.37. The van der Waals surface area contributed by atoms with E-state index in [2.05, 4.69) is 0 Å². The van der Waals surface area contributed by atoms with E-state index in [4.69, 9.17) is 9.47 Å². The lowest BCUT2D eigenvalue weighted by molar-refractivity contribution is -0.159. The van der Waals surface area contributed by atoms with E-state index >= 15 is 0 Å². The van der Waals surface area contributed by atoms with Gasteiger partial charge >= 0.3 is 12.1 Å². The summed E-state index contributed by atoms with van der Waals surface area (Å²) in [6, 6.07) is 0. The predicted molar refractivity (Wildman–Crippen MR) is 85.9 cm³/mol. The average Bonchev–Trinajstić information content (AvgIpc) is 2.61. The Labute approximate surface area is 138 Å². The maximum Gasteiger partial charge on any atom is 0.409 e. The zero-order chi connectivity index (χ0) is 16.2. The molecule has 3 rings (SSSR count). The Hall–Kier alpha value is -1.26. The first-order valence-corrected chi connectivity index (χ1v) is 9.20. The van der Waals surface area contributed by atoms with Crippen LogP contribution in [0.15, 0.2) is 0 Å². The molecule has 0 aromatic heterocycles. The molecule has 2 aliphatic carbocycles. The number of rotatable bonds is 2. The van der Waals surface area contributed by atoms with E-state index in [1.807, 2.05) is 0 Å². The summed E-state index contributed by atoms with van der Waals surface area (Å²) in [5.41, 5.74) is 0. The second-order valence-corrected chi connectivity index (χ2v) is 7.43. The van der Waals surface area contributed by atoms with Crippen LogP contribution >= 0.6 is 0 Å². The van der Waals surface area contributed by atoms with Gasteiger partial charge in [-0.15, -0.1) is 0 Å². The highest BCUT2D eigenvalue weighted by Crippen LogP contribution is 2.41. The highest BCUT2D eigenvalue weighted by atomic mass is 16.5. The molecular weight excluding hydrogens is 294 g/mol. The quantitative estimate of drug-likeness (QED) is 0.731. The highest BCUT2D eigenvalue weighted by molar-refractivity contribution is 5.75. The number of amides is 1. The molecule has 23 heavy (non-hydrogen) atoms. The molecule has 0 radical (unpaired) electrons. The van der Waals surface area contributed by atoms with Crippen LogP contribution in [0.25, 0.3) is 0 Å². The van der Waals surface area contributed by atoms with Crippen LogP contribution in [0.5, 0.6) is 0 Å². The fourth-order valence-corrected chi connectivity index (χ4v) is 4.66. The minimum Gasteiger partial charge on any atom is -0.462 e. The zero-order valence-corrected chi connectivity index (χ0v) is 14.2. The Morgan fingerprint density at radius 2 is 1.74 bits per heavy atom. The lowest BCUT2D eigenvalue weighted by atomic mass is 9.70. The van der Waals surface area contributed by atoms with E-state index in [9.17, 15) is 9.59 Å². The summed E-state index contributed by atoms with van der Waals surface area (Å²) >= 11 is 0. The summed E-state index contributed by atoms with van der Waals surface area (Å²) in [4.78, 5) is 25.7. The van der Waals surface area contributed by atoms with Crippen molar-refractivity contribution in [3.63, 3.8) is 0 Å². The molecular formula is C18H29NO4. The second-order valence-electron chi connectivity index (χ2n) is 7.43. The van der Waals surface area contributed by atoms with Gasteiger partial charge in [0.25, 0.3) is 0 Å². The van der Waals surface area contributed by atoms with Crippen molar-refractivity contribution in [3.05, 3.63) is 0 Å². The van der Waals surface area contributed by atoms with Crippen molar-refractivity contribution in [3.8, 4) is 0 Å². The second kappa shape index (κ2) is 7.54. The van der Waals surface area contributed by atoms with Crippen molar-refractivity contribution in [2.24, 2.45) is 17.8 Å². The van der Waals surface area contributed by atoms with E-state index in [0.717, 1.165) is 37.5 Å². The van der Waals surface area contributed by atoms with Crippen LogP contribution in [-0.2, 0) is 14.3 Å². The number of fused-ring (bicyclic) bond motifs is 1. The van der Waals surface area contributed by atoms with Gasteiger partial charge in [0.15, 0.2) is 0 Å². The van der Waals surface area contributed by atoms with Crippen molar-refractivity contribution in [2.75, 3.05) is 20.2 Å². The van der Waals surface area contributed by atoms with Crippen molar-refractivity contribution in [1.82, 2.24) is 4.90 Å². The molecule has 5 nitrogen and oxygen atoms in total. The maximum absolute atomic E-state index is 12.5. The van der Waals surface area contributed by atoms with Gasteiger partial charge in [-0.1, -0.05) is 25.7 Å². The Kier molecular flexibility index (Phi) is 5.44. The monoisotopic (exact) mass is 323 g/mol. The molecule has 3 fully saturated rings. The van der Waals surface area contributed by atoms with Crippen molar-refractivity contribution < 1.29 is 19.1 Å². The summed E-state index contributed by atoms with van der Waals surface area (Å²) in [7, 11) is 1.38.